The van der Waals surface area contributed by atoms with Crippen LogP contribution in [0.5, 0.6) is 0 Å². The van der Waals surface area contributed by atoms with Gasteiger partial charge < -0.3 is 15.4 Å². The summed E-state index contributed by atoms with van der Waals surface area (Å²) < 4.78 is 4.97. The number of carbonyl (C=O) groups excluding carboxylic acids is 2. The fourth-order valence-corrected chi connectivity index (χ4v) is 1.44. The van der Waals surface area contributed by atoms with Gasteiger partial charge in [0.1, 0.15) is 5.60 Å². The number of nitrogens with two attached hydrogens (primary N) is 1. The molecule has 1 fully saturated rings. The Kier molecular flexibility index (Phi) is 3.74. The van der Waals surface area contributed by atoms with Crippen LogP contribution in [0, 0.1) is 0 Å². The van der Waals surface area contributed by atoms with Crippen LogP contribution in [0.4, 0.5) is 9.59 Å². The fourth-order valence-electron chi connectivity index (χ4n) is 1.44. The molecule has 0 aliphatic carbocycles. The van der Waals surface area contributed by atoms with E-state index in [0.29, 0.717) is 13.1 Å². The zero-order valence-corrected chi connectivity index (χ0v) is 9.95. The molecule has 0 aromatic carbocycles. The van der Waals surface area contributed by atoms with Crippen LogP contribution in [-0.2, 0) is 4.74 Å². The molecule has 0 aromatic heterocycles. The summed E-state index contributed by atoms with van der Waals surface area (Å²) in [5.41, 5.74) is 5.05. The molecule has 0 spiro atoms. The van der Waals surface area contributed by atoms with E-state index in [4.69, 9.17) is 10.5 Å². The molecule has 1 heterocycles. The van der Waals surface area contributed by atoms with Gasteiger partial charge in [0.15, 0.2) is 0 Å². The molecule has 1 rings (SSSR count). The summed E-state index contributed by atoms with van der Waals surface area (Å²) in [6.45, 7) is 6.28. The lowest BCUT2D eigenvalue weighted by atomic mass is 10.2. The molecule has 0 radical (unpaired) electrons. The number of imide groups is 1. The maximum atomic E-state index is 11.5. The SMILES string of the molecule is CC(C)(C)OC(=O)NC(=O)N1CCC(N)C1. The monoisotopic (exact) mass is 229 g/mol. The molecule has 0 aromatic rings. The lowest BCUT2D eigenvalue weighted by molar-refractivity contribution is 0.0537. The van der Waals surface area contributed by atoms with Crippen LogP contribution in [0.3, 0.4) is 0 Å². The van der Waals surface area contributed by atoms with Crippen molar-refractivity contribution < 1.29 is 14.3 Å². The molecule has 0 bridgehead atoms. The second-order valence-electron chi connectivity index (χ2n) is 4.93. The van der Waals surface area contributed by atoms with Gasteiger partial charge in [0, 0.05) is 19.1 Å². The van der Waals surface area contributed by atoms with E-state index in [0.717, 1.165) is 6.42 Å². The lowest BCUT2D eigenvalue weighted by Crippen LogP contribution is -2.44. The van der Waals surface area contributed by atoms with Crippen LogP contribution in [-0.4, -0.2) is 41.8 Å². The van der Waals surface area contributed by atoms with Crippen LogP contribution in [0.1, 0.15) is 27.2 Å². The van der Waals surface area contributed by atoms with Crippen molar-refractivity contribution in [2.75, 3.05) is 13.1 Å². The van der Waals surface area contributed by atoms with Gasteiger partial charge in [0.25, 0.3) is 0 Å². The highest BCUT2D eigenvalue weighted by atomic mass is 16.6. The Bertz CT molecular complexity index is 286. The molecule has 0 saturated carbocycles. The predicted octanol–water partition coefficient (Wildman–Crippen LogP) is 0.664. The van der Waals surface area contributed by atoms with Gasteiger partial charge in [-0.1, -0.05) is 0 Å². The van der Waals surface area contributed by atoms with Gasteiger partial charge in [-0.25, -0.2) is 14.9 Å². The second-order valence-corrected chi connectivity index (χ2v) is 4.93. The number of nitrogens with zero attached hydrogens (tertiary/aromatic N) is 1. The lowest BCUT2D eigenvalue weighted by Gasteiger charge is -2.21. The van der Waals surface area contributed by atoms with Crippen LogP contribution in [0.2, 0.25) is 0 Å². The van der Waals surface area contributed by atoms with Gasteiger partial charge in [-0.2, -0.15) is 0 Å². The largest absolute Gasteiger partial charge is 0.443 e. The quantitative estimate of drug-likeness (QED) is 0.639. The van der Waals surface area contributed by atoms with Crippen LogP contribution in [0.25, 0.3) is 0 Å². The maximum Gasteiger partial charge on any atom is 0.415 e. The average Bonchev–Trinajstić information content (AvgIpc) is 2.47. The first-order valence-corrected chi connectivity index (χ1v) is 5.32. The fraction of sp³-hybridized carbons (Fsp3) is 0.800. The molecule has 1 aliphatic heterocycles. The Balaban J connectivity index is 2.37. The molecular weight excluding hydrogens is 210 g/mol. The van der Waals surface area contributed by atoms with Gasteiger partial charge in [0.2, 0.25) is 0 Å². The first-order chi connectivity index (χ1) is 7.28. The Labute approximate surface area is 95.1 Å². The van der Waals surface area contributed by atoms with E-state index in [1.807, 2.05) is 0 Å². The topological polar surface area (TPSA) is 84.7 Å². The second kappa shape index (κ2) is 4.69. The van der Waals surface area contributed by atoms with Crippen molar-refractivity contribution in [3.05, 3.63) is 0 Å². The summed E-state index contributed by atoms with van der Waals surface area (Å²) in [7, 11) is 0. The van der Waals surface area contributed by atoms with E-state index in [1.54, 1.807) is 20.8 Å². The van der Waals surface area contributed by atoms with Gasteiger partial charge in [-0.05, 0) is 27.2 Å². The number of urea groups is 1. The van der Waals surface area contributed by atoms with E-state index in [-0.39, 0.29) is 6.04 Å². The smallest absolute Gasteiger partial charge is 0.415 e. The Hall–Kier alpha value is -1.30. The maximum absolute atomic E-state index is 11.5. The summed E-state index contributed by atoms with van der Waals surface area (Å²) in [5.74, 6) is 0. The van der Waals surface area contributed by atoms with Crippen LogP contribution >= 0.6 is 0 Å². The zero-order chi connectivity index (χ0) is 12.3. The van der Waals surface area contributed by atoms with Crippen LogP contribution < -0.4 is 11.1 Å². The molecule has 3 N–H and O–H groups in total. The molecule has 1 saturated heterocycles. The standard InChI is InChI=1S/C10H19N3O3/c1-10(2,3)16-9(15)12-8(14)13-5-4-7(11)6-13/h7H,4-6,11H2,1-3H3,(H,12,14,15). The van der Waals surface area contributed by atoms with Gasteiger partial charge >= 0.3 is 12.1 Å². The van der Waals surface area contributed by atoms with E-state index < -0.39 is 17.7 Å². The molecule has 3 amide bonds. The minimum absolute atomic E-state index is 0.00406. The van der Waals surface area contributed by atoms with Crippen molar-refractivity contribution in [3.63, 3.8) is 0 Å². The Morgan fingerprint density at radius 2 is 2.06 bits per heavy atom. The highest BCUT2D eigenvalue weighted by Crippen LogP contribution is 2.09. The molecule has 1 unspecified atom stereocenters. The Morgan fingerprint density at radius 3 is 2.50 bits per heavy atom. The van der Waals surface area contributed by atoms with E-state index >= 15 is 0 Å². The third kappa shape index (κ3) is 4.06. The van der Waals surface area contributed by atoms with Crippen molar-refractivity contribution in [1.29, 1.82) is 0 Å². The van der Waals surface area contributed by atoms with Crippen molar-refractivity contribution in [3.8, 4) is 0 Å². The first-order valence-electron chi connectivity index (χ1n) is 5.32. The minimum atomic E-state index is -0.724. The summed E-state index contributed by atoms with van der Waals surface area (Å²) in [6.07, 6.45) is 0.0415. The average molecular weight is 229 g/mol. The number of amides is 3. The number of nitrogens with one attached hydrogen (secondary N) is 1. The highest BCUT2D eigenvalue weighted by Gasteiger charge is 2.26. The molecule has 1 atom stereocenters. The van der Waals surface area contributed by atoms with E-state index in [1.165, 1.54) is 4.90 Å². The van der Waals surface area contributed by atoms with E-state index in [9.17, 15) is 9.59 Å². The number of alkyl carbamates (subject to hydrolysis) is 1. The normalized spacial score (nSPS) is 20.8. The number of hydrogen-bond acceptors (Lipinski definition) is 4. The summed E-state index contributed by atoms with van der Waals surface area (Å²) in [4.78, 5) is 24.3. The summed E-state index contributed by atoms with van der Waals surface area (Å²) in [6, 6.07) is -0.438. The van der Waals surface area contributed by atoms with Crippen molar-refractivity contribution in [2.45, 2.75) is 38.8 Å². The van der Waals surface area contributed by atoms with Crippen molar-refractivity contribution in [1.82, 2.24) is 10.2 Å². The third-order valence-corrected chi connectivity index (χ3v) is 2.12. The molecule has 6 nitrogen and oxygen atoms in total. The van der Waals surface area contributed by atoms with Crippen molar-refractivity contribution in [2.24, 2.45) is 5.73 Å². The third-order valence-electron chi connectivity index (χ3n) is 2.12. The number of ether oxygens (including phenoxy) is 1. The molecule has 92 valence electrons. The van der Waals surface area contributed by atoms with Crippen LogP contribution in [0.15, 0.2) is 0 Å². The van der Waals surface area contributed by atoms with Crippen molar-refractivity contribution >= 4 is 12.1 Å². The summed E-state index contributed by atoms with van der Waals surface area (Å²) >= 11 is 0. The molecule has 16 heavy (non-hydrogen) atoms. The number of rotatable bonds is 0. The molecular formula is C10H19N3O3. The van der Waals surface area contributed by atoms with Gasteiger partial charge in [0.05, 0.1) is 0 Å². The highest BCUT2D eigenvalue weighted by molar-refractivity contribution is 5.90. The number of carbonyl (C=O) groups is 2. The zero-order valence-electron chi connectivity index (χ0n) is 9.95. The first kappa shape index (κ1) is 12.8. The molecule has 1 aliphatic rings. The Morgan fingerprint density at radius 1 is 1.44 bits per heavy atom. The molecule has 6 heteroatoms. The van der Waals surface area contributed by atoms with E-state index in [2.05, 4.69) is 5.32 Å². The summed E-state index contributed by atoms with van der Waals surface area (Å²) in [5, 5.41) is 2.17. The van der Waals surface area contributed by atoms with Gasteiger partial charge in [-0.3, -0.25) is 0 Å². The minimum Gasteiger partial charge on any atom is -0.443 e. The van der Waals surface area contributed by atoms with Gasteiger partial charge in [-0.15, -0.1) is 0 Å². The number of hydrogen-bond donors (Lipinski definition) is 2. The number of likely N-dealkylation sites (tertiary alicyclic amines) is 1. The predicted molar refractivity (Wildman–Crippen MR) is 58.9 cm³/mol.